The molecule has 0 aliphatic heterocycles. The molecule has 0 spiro atoms. The van der Waals surface area contributed by atoms with Crippen molar-refractivity contribution in [2.24, 2.45) is 0 Å². The van der Waals surface area contributed by atoms with E-state index in [0.29, 0.717) is 6.08 Å². The fourth-order valence-electron chi connectivity index (χ4n) is 0.748. The van der Waals surface area contributed by atoms with E-state index < -0.39 is 17.9 Å². The summed E-state index contributed by atoms with van der Waals surface area (Å²) in [5, 5.41) is 8.19. The first-order valence-electron chi connectivity index (χ1n) is 3.47. The molecule has 1 aromatic rings. The molecule has 1 heterocycles. The highest BCUT2D eigenvalue weighted by Crippen LogP contribution is 2.30. The number of halogens is 3. The molecule has 0 aliphatic carbocycles. The van der Waals surface area contributed by atoms with Gasteiger partial charge >= 0.3 is 12.1 Å². The van der Waals surface area contributed by atoms with Gasteiger partial charge in [-0.25, -0.2) is 4.79 Å². The molecule has 0 atom stereocenters. The molecule has 0 saturated heterocycles. The summed E-state index contributed by atoms with van der Waals surface area (Å²) in [6, 6.07) is 1.78. The summed E-state index contributed by atoms with van der Waals surface area (Å²) in [6.07, 6.45) is -2.91. The Morgan fingerprint density at radius 2 is 2.07 bits per heavy atom. The predicted octanol–water partition coefficient (Wildman–Crippen LogP) is 2.40. The lowest BCUT2D eigenvalue weighted by Gasteiger charge is -1.99. The van der Waals surface area contributed by atoms with E-state index in [0.717, 1.165) is 18.2 Å². The van der Waals surface area contributed by atoms with Crippen LogP contribution in [0, 0.1) is 0 Å². The molecule has 1 rings (SSSR count). The van der Waals surface area contributed by atoms with Gasteiger partial charge in [-0.3, -0.25) is 0 Å². The van der Waals surface area contributed by atoms with E-state index in [9.17, 15) is 18.0 Å². The van der Waals surface area contributed by atoms with E-state index in [2.05, 4.69) is 4.42 Å². The van der Waals surface area contributed by atoms with Gasteiger partial charge in [0.2, 0.25) is 5.76 Å². The number of carboxylic acid groups (broad SMARTS) is 1. The van der Waals surface area contributed by atoms with Crippen LogP contribution in [0.3, 0.4) is 0 Å². The molecular formula is C8H5F3O3. The van der Waals surface area contributed by atoms with Crippen molar-refractivity contribution in [3.63, 3.8) is 0 Å². The second-order valence-corrected chi connectivity index (χ2v) is 2.37. The highest BCUT2D eigenvalue weighted by molar-refractivity contribution is 5.84. The zero-order valence-corrected chi connectivity index (χ0v) is 6.71. The molecule has 0 aromatic carbocycles. The van der Waals surface area contributed by atoms with Gasteiger partial charge in [-0.1, -0.05) is 0 Å². The van der Waals surface area contributed by atoms with Crippen LogP contribution in [0.15, 0.2) is 22.6 Å². The summed E-state index contributed by atoms with van der Waals surface area (Å²) in [4.78, 5) is 10.0. The van der Waals surface area contributed by atoms with Crippen LogP contribution >= 0.6 is 0 Å². The summed E-state index contributed by atoms with van der Waals surface area (Å²) in [7, 11) is 0. The average Bonchev–Trinajstić information content (AvgIpc) is 2.47. The van der Waals surface area contributed by atoms with Gasteiger partial charge in [0, 0.05) is 6.08 Å². The number of furan rings is 1. The standard InChI is InChI=1S/C8H5F3O3/c9-8(10,11)6-3-1-5(14-6)2-4-7(12)13/h1-4H,(H,12,13)/b4-2+. The van der Waals surface area contributed by atoms with Crippen molar-refractivity contribution in [3.8, 4) is 0 Å². The monoisotopic (exact) mass is 206 g/mol. The zero-order valence-electron chi connectivity index (χ0n) is 6.71. The Kier molecular flexibility index (Phi) is 2.64. The van der Waals surface area contributed by atoms with Gasteiger partial charge in [0.05, 0.1) is 0 Å². The van der Waals surface area contributed by atoms with Gasteiger partial charge in [0.25, 0.3) is 0 Å². The van der Waals surface area contributed by atoms with Gasteiger partial charge in [-0.2, -0.15) is 13.2 Å². The molecular weight excluding hydrogens is 201 g/mol. The van der Waals surface area contributed by atoms with E-state index in [4.69, 9.17) is 5.11 Å². The summed E-state index contributed by atoms with van der Waals surface area (Å²) in [5.74, 6) is -2.56. The molecule has 1 N–H and O–H groups in total. The van der Waals surface area contributed by atoms with Crippen molar-refractivity contribution in [3.05, 3.63) is 29.7 Å². The Morgan fingerprint density at radius 1 is 1.43 bits per heavy atom. The van der Waals surface area contributed by atoms with Crippen molar-refractivity contribution in [1.82, 2.24) is 0 Å². The number of carbonyl (C=O) groups is 1. The number of rotatable bonds is 2. The summed E-state index contributed by atoms with van der Waals surface area (Å²) < 4.78 is 40.2. The molecule has 0 saturated carbocycles. The molecule has 1 aromatic heterocycles. The summed E-state index contributed by atoms with van der Waals surface area (Å²) in [6.45, 7) is 0. The third-order valence-electron chi connectivity index (χ3n) is 1.30. The highest BCUT2D eigenvalue weighted by atomic mass is 19.4. The van der Waals surface area contributed by atoms with Gasteiger partial charge < -0.3 is 9.52 Å². The van der Waals surface area contributed by atoms with E-state index in [1.807, 2.05) is 0 Å². The van der Waals surface area contributed by atoms with E-state index >= 15 is 0 Å². The second-order valence-electron chi connectivity index (χ2n) is 2.37. The first kappa shape index (κ1) is 10.4. The quantitative estimate of drug-likeness (QED) is 0.756. The molecule has 3 nitrogen and oxygen atoms in total. The predicted molar refractivity (Wildman–Crippen MR) is 40.4 cm³/mol. The van der Waals surface area contributed by atoms with Crippen LogP contribution in [0.2, 0.25) is 0 Å². The number of hydrogen-bond donors (Lipinski definition) is 1. The molecule has 76 valence electrons. The second kappa shape index (κ2) is 3.57. The van der Waals surface area contributed by atoms with Crippen LogP contribution in [0.1, 0.15) is 11.5 Å². The van der Waals surface area contributed by atoms with Gasteiger partial charge in [-0.05, 0) is 18.2 Å². The minimum absolute atomic E-state index is 0.153. The lowest BCUT2D eigenvalue weighted by atomic mass is 10.4. The third-order valence-corrected chi connectivity index (χ3v) is 1.30. The van der Waals surface area contributed by atoms with Gasteiger partial charge in [-0.15, -0.1) is 0 Å². The Labute approximate surface area is 76.4 Å². The summed E-state index contributed by atoms with van der Waals surface area (Å²) >= 11 is 0. The SMILES string of the molecule is O=C(O)/C=C/c1ccc(C(F)(F)F)o1. The average molecular weight is 206 g/mol. The number of hydrogen-bond acceptors (Lipinski definition) is 2. The van der Waals surface area contributed by atoms with E-state index in [-0.39, 0.29) is 5.76 Å². The molecule has 0 fully saturated rings. The minimum atomic E-state index is -4.55. The zero-order chi connectivity index (χ0) is 10.8. The molecule has 0 bridgehead atoms. The topological polar surface area (TPSA) is 50.4 Å². The molecule has 0 aliphatic rings. The van der Waals surface area contributed by atoms with Crippen molar-refractivity contribution in [1.29, 1.82) is 0 Å². The fraction of sp³-hybridized carbons (Fsp3) is 0.125. The Balaban J connectivity index is 2.84. The van der Waals surface area contributed by atoms with Crippen LogP contribution in [0.5, 0.6) is 0 Å². The van der Waals surface area contributed by atoms with Crippen molar-refractivity contribution in [2.75, 3.05) is 0 Å². The van der Waals surface area contributed by atoms with Crippen LogP contribution in [0.25, 0.3) is 6.08 Å². The van der Waals surface area contributed by atoms with E-state index in [1.54, 1.807) is 0 Å². The maximum absolute atomic E-state index is 12.0. The molecule has 14 heavy (non-hydrogen) atoms. The van der Waals surface area contributed by atoms with Crippen LogP contribution in [0.4, 0.5) is 13.2 Å². The summed E-state index contributed by atoms with van der Waals surface area (Å²) in [5.41, 5.74) is 0. The fourth-order valence-corrected chi connectivity index (χ4v) is 0.748. The number of alkyl halides is 3. The van der Waals surface area contributed by atoms with Gasteiger partial charge in [0.15, 0.2) is 0 Å². The largest absolute Gasteiger partial charge is 0.478 e. The third kappa shape index (κ3) is 2.65. The lowest BCUT2D eigenvalue weighted by Crippen LogP contribution is -2.01. The molecule has 6 heteroatoms. The van der Waals surface area contributed by atoms with Crippen molar-refractivity contribution in [2.45, 2.75) is 6.18 Å². The van der Waals surface area contributed by atoms with Crippen molar-refractivity contribution < 1.29 is 27.5 Å². The first-order valence-corrected chi connectivity index (χ1v) is 3.47. The number of carboxylic acids is 1. The van der Waals surface area contributed by atoms with Crippen LogP contribution in [-0.2, 0) is 11.0 Å². The lowest BCUT2D eigenvalue weighted by molar-refractivity contribution is -0.153. The maximum atomic E-state index is 12.0. The Morgan fingerprint density at radius 3 is 2.50 bits per heavy atom. The van der Waals surface area contributed by atoms with Crippen molar-refractivity contribution >= 4 is 12.0 Å². The highest BCUT2D eigenvalue weighted by Gasteiger charge is 2.34. The van der Waals surface area contributed by atoms with Crippen LogP contribution < -0.4 is 0 Å². The molecule has 0 radical (unpaired) electrons. The van der Waals surface area contributed by atoms with Gasteiger partial charge in [0.1, 0.15) is 5.76 Å². The molecule has 0 amide bonds. The smallest absolute Gasteiger partial charge is 0.449 e. The van der Waals surface area contributed by atoms with Crippen LogP contribution in [-0.4, -0.2) is 11.1 Å². The number of aliphatic carboxylic acids is 1. The first-order chi connectivity index (χ1) is 6.39. The normalized spacial score (nSPS) is 12.2. The molecule has 0 unspecified atom stereocenters. The Hall–Kier alpha value is -1.72. The maximum Gasteiger partial charge on any atom is 0.449 e. The Bertz CT molecular complexity index is 362. The minimum Gasteiger partial charge on any atom is -0.478 e. The van der Waals surface area contributed by atoms with E-state index in [1.165, 1.54) is 0 Å².